The van der Waals surface area contributed by atoms with Gasteiger partial charge in [0.25, 0.3) is 0 Å². The number of piperidine rings is 1. The van der Waals surface area contributed by atoms with E-state index in [9.17, 15) is 0 Å². The van der Waals surface area contributed by atoms with E-state index in [1.807, 2.05) is 18.7 Å². The molecule has 24 heavy (non-hydrogen) atoms. The van der Waals surface area contributed by atoms with E-state index < -0.39 is 0 Å². The topological polar surface area (TPSA) is 48.7 Å². The molecular weight excluding hydrogens is 415 g/mol. The van der Waals surface area contributed by atoms with E-state index in [0.717, 1.165) is 38.7 Å². The molecule has 3 rings (SSSR count). The Kier molecular flexibility index (Phi) is 8.31. The molecule has 0 aromatic carbocycles. The van der Waals surface area contributed by atoms with Gasteiger partial charge < -0.3 is 14.8 Å². The number of hydrogen-bond donors (Lipinski definition) is 1. The number of rotatable bonds is 5. The van der Waals surface area contributed by atoms with E-state index in [0.29, 0.717) is 6.04 Å². The van der Waals surface area contributed by atoms with Crippen LogP contribution in [0.1, 0.15) is 32.6 Å². The van der Waals surface area contributed by atoms with Crippen molar-refractivity contribution in [2.45, 2.75) is 45.2 Å². The Morgan fingerprint density at radius 3 is 2.79 bits per heavy atom. The molecule has 0 amide bonds. The maximum absolute atomic E-state index is 4.81. The average Bonchev–Trinajstić information content (AvgIpc) is 3.27. The lowest BCUT2D eigenvalue weighted by Crippen LogP contribution is -2.44. The second-order valence-corrected chi connectivity index (χ2v) is 6.52. The van der Waals surface area contributed by atoms with Gasteiger partial charge in [-0.1, -0.05) is 6.42 Å². The highest BCUT2D eigenvalue weighted by molar-refractivity contribution is 14.0. The monoisotopic (exact) mass is 446 g/mol. The second kappa shape index (κ2) is 10.2. The first kappa shape index (κ1) is 19.5. The van der Waals surface area contributed by atoms with Crippen molar-refractivity contribution in [2.75, 3.05) is 39.3 Å². The Morgan fingerprint density at radius 2 is 2.08 bits per heavy atom. The number of guanidine groups is 1. The minimum Gasteiger partial charge on any atom is -0.357 e. The lowest BCUT2D eigenvalue weighted by Gasteiger charge is -2.32. The number of aromatic nitrogens is 2. The summed E-state index contributed by atoms with van der Waals surface area (Å²) in [6.45, 7) is 9.56. The fourth-order valence-electron chi connectivity index (χ4n) is 3.63. The Bertz CT molecular complexity index is 483. The summed E-state index contributed by atoms with van der Waals surface area (Å²) < 4.78 is 2.08. The van der Waals surface area contributed by atoms with E-state index in [4.69, 9.17) is 4.99 Å². The van der Waals surface area contributed by atoms with Gasteiger partial charge in [0.1, 0.15) is 0 Å². The Hall–Kier alpha value is -0.830. The van der Waals surface area contributed by atoms with E-state index >= 15 is 0 Å². The molecule has 0 radical (unpaired) electrons. The fourth-order valence-corrected chi connectivity index (χ4v) is 3.63. The van der Waals surface area contributed by atoms with Crippen molar-refractivity contribution in [1.29, 1.82) is 0 Å². The van der Waals surface area contributed by atoms with Crippen LogP contribution in [0.4, 0.5) is 0 Å². The number of nitrogens with one attached hydrogen (secondary N) is 1. The molecule has 1 N–H and O–H groups in total. The highest BCUT2D eigenvalue weighted by Crippen LogP contribution is 2.20. The zero-order valence-corrected chi connectivity index (χ0v) is 17.1. The number of halogens is 1. The number of nitrogens with zero attached hydrogens (tertiary/aromatic N) is 5. The first-order chi connectivity index (χ1) is 11.4. The molecule has 2 aliphatic rings. The number of likely N-dealkylation sites (tertiary alicyclic amines) is 2. The molecular formula is C17H31IN6. The van der Waals surface area contributed by atoms with Crippen molar-refractivity contribution in [1.82, 2.24) is 24.7 Å². The van der Waals surface area contributed by atoms with Crippen molar-refractivity contribution >= 4 is 29.9 Å². The van der Waals surface area contributed by atoms with Gasteiger partial charge in [0.2, 0.25) is 0 Å². The summed E-state index contributed by atoms with van der Waals surface area (Å²) in [5, 5.41) is 3.46. The predicted octanol–water partition coefficient (Wildman–Crippen LogP) is 2.03. The summed E-state index contributed by atoms with van der Waals surface area (Å²) in [4.78, 5) is 14.0. The van der Waals surface area contributed by atoms with Crippen LogP contribution in [0, 0.1) is 0 Å². The van der Waals surface area contributed by atoms with E-state index in [-0.39, 0.29) is 24.0 Å². The van der Waals surface area contributed by atoms with Gasteiger partial charge in [0.05, 0.1) is 12.9 Å². The summed E-state index contributed by atoms with van der Waals surface area (Å²) in [6, 6.07) is 0.716. The zero-order chi connectivity index (χ0) is 15.9. The van der Waals surface area contributed by atoms with Crippen molar-refractivity contribution in [3.63, 3.8) is 0 Å². The van der Waals surface area contributed by atoms with Crippen LogP contribution >= 0.6 is 24.0 Å². The second-order valence-electron chi connectivity index (χ2n) is 6.52. The Morgan fingerprint density at radius 1 is 1.25 bits per heavy atom. The van der Waals surface area contributed by atoms with Crippen LogP contribution in [0.5, 0.6) is 0 Å². The first-order valence-electron chi connectivity index (χ1n) is 9.10. The molecule has 1 unspecified atom stereocenters. The number of hydrogen-bond acceptors (Lipinski definition) is 3. The Balaban J connectivity index is 0.00000208. The number of imidazole rings is 1. The van der Waals surface area contributed by atoms with Gasteiger partial charge in [0.15, 0.2) is 5.96 Å². The fraction of sp³-hybridized carbons (Fsp3) is 0.765. The molecule has 0 spiro atoms. The molecule has 0 saturated carbocycles. The lowest BCUT2D eigenvalue weighted by molar-refractivity contribution is 0.168. The standard InChI is InChI=1S/C17H30N6.HI/c1-2-19-17(20-8-13-21-12-7-18-15-21)23-11-6-16(14-23)22-9-4-3-5-10-22;/h7,12,15-16H,2-6,8-11,13-14H2,1H3,(H,19,20);1H. The minimum absolute atomic E-state index is 0. The molecule has 0 aliphatic carbocycles. The van der Waals surface area contributed by atoms with Crippen molar-refractivity contribution in [3.05, 3.63) is 18.7 Å². The molecule has 6 nitrogen and oxygen atoms in total. The summed E-state index contributed by atoms with van der Waals surface area (Å²) in [5.41, 5.74) is 0. The molecule has 0 bridgehead atoms. The van der Waals surface area contributed by atoms with Gasteiger partial charge in [-0.05, 0) is 39.3 Å². The predicted molar refractivity (Wildman–Crippen MR) is 109 cm³/mol. The van der Waals surface area contributed by atoms with Gasteiger partial charge >= 0.3 is 0 Å². The van der Waals surface area contributed by atoms with E-state index in [2.05, 4.69) is 31.6 Å². The summed E-state index contributed by atoms with van der Waals surface area (Å²) in [5.74, 6) is 1.08. The SMILES string of the molecule is CCNC(=NCCn1ccnc1)N1CCC(N2CCCCC2)C1.I. The molecule has 3 heterocycles. The highest BCUT2D eigenvalue weighted by Gasteiger charge is 2.29. The van der Waals surface area contributed by atoms with Gasteiger partial charge in [-0.25, -0.2) is 4.98 Å². The quantitative estimate of drug-likeness (QED) is 0.427. The minimum atomic E-state index is 0. The molecule has 136 valence electrons. The van der Waals surface area contributed by atoms with E-state index in [1.165, 1.54) is 38.8 Å². The maximum Gasteiger partial charge on any atom is 0.194 e. The summed E-state index contributed by atoms with van der Waals surface area (Å²) in [6.07, 6.45) is 11.1. The van der Waals surface area contributed by atoms with Crippen LogP contribution in [0.2, 0.25) is 0 Å². The van der Waals surface area contributed by atoms with Crippen LogP contribution in [0.15, 0.2) is 23.7 Å². The third-order valence-corrected chi connectivity index (χ3v) is 4.88. The average molecular weight is 446 g/mol. The Labute approximate surface area is 162 Å². The largest absolute Gasteiger partial charge is 0.357 e. The zero-order valence-electron chi connectivity index (χ0n) is 14.7. The van der Waals surface area contributed by atoms with Gasteiger partial charge in [-0.3, -0.25) is 9.89 Å². The molecule has 2 saturated heterocycles. The molecule has 1 aromatic heterocycles. The maximum atomic E-state index is 4.81. The molecule has 1 aromatic rings. The third kappa shape index (κ3) is 5.34. The molecule has 2 fully saturated rings. The summed E-state index contributed by atoms with van der Waals surface area (Å²) in [7, 11) is 0. The smallest absolute Gasteiger partial charge is 0.194 e. The normalized spacial score (nSPS) is 22.5. The van der Waals surface area contributed by atoms with Crippen molar-refractivity contribution < 1.29 is 0 Å². The van der Waals surface area contributed by atoms with Gasteiger partial charge in [0, 0.05) is 44.6 Å². The lowest BCUT2D eigenvalue weighted by atomic mass is 10.1. The van der Waals surface area contributed by atoms with Crippen molar-refractivity contribution in [2.24, 2.45) is 4.99 Å². The molecule has 1 atom stereocenters. The summed E-state index contributed by atoms with van der Waals surface area (Å²) >= 11 is 0. The van der Waals surface area contributed by atoms with Crippen LogP contribution in [0.3, 0.4) is 0 Å². The molecule has 2 aliphatic heterocycles. The van der Waals surface area contributed by atoms with Crippen LogP contribution in [-0.4, -0.2) is 70.6 Å². The van der Waals surface area contributed by atoms with Crippen LogP contribution in [0.25, 0.3) is 0 Å². The van der Waals surface area contributed by atoms with E-state index in [1.54, 1.807) is 0 Å². The van der Waals surface area contributed by atoms with Crippen LogP contribution in [-0.2, 0) is 6.54 Å². The first-order valence-corrected chi connectivity index (χ1v) is 9.10. The van der Waals surface area contributed by atoms with Crippen LogP contribution < -0.4 is 5.32 Å². The van der Waals surface area contributed by atoms with Gasteiger partial charge in [-0.15, -0.1) is 24.0 Å². The molecule has 7 heteroatoms. The number of aliphatic imine (C=N–C) groups is 1. The van der Waals surface area contributed by atoms with Gasteiger partial charge in [-0.2, -0.15) is 0 Å². The highest BCUT2D eigenvalue weighted by atomic mass is 127. The van der Waals surface area contributed by atoms with Crippen molar-refractivity contribution in [3.8, 4) is 0 Å². The third-order valence-electron chi connectivity index (χ3n) is 4.88.